The fourth-order valence-electron chi connectivity index (χ4n) is 3.42. The zero-order valence-electron chi connectivity index (χ0n) is 13.7. The van der Waals surface area contributed by atoms with E-state index >= 15 is 0 Å². The van der Waals surface area contributed by atoms with Crippen LogP contribution in [0.2, 0.25) is 0 Å². The number of β-amino-alcohol motifs (C(OH)–C–C–N with tert-alkyl or cyclic N) is 1. The maximum Gasteiger partial charge on any atom is 0.194 e. The Morgan fingerprint density at radius 3 is 2.77 bits per heavy atom. The monoisotopic (exact) mass is 301 g/mol. The van der Waals surface area contributed by atoms with Crippen LogP contribution in [0, 0.1) is 6.92 Å². The number of guanidine groups is 1. The van der Waals surface area contributed by atoms with Crippen LogP contribution >= 0.6 is 0 Å². The molecule has 1 atom stereocenters. The summed E-state index contributed by atoms with van der Waals surface area (Å²) in [7, 11) is 0. The molecule has 1 aromatic rings. The van der Waals surface area contributed by atoms with Gasteiger partial charge in [-0.1, -0.05) is 24.3 Å². The number of benzene rings is 1. The molecule has 1 aromatic carbocycles. The van der Waals surface area contributed by atoms with E-state index in [1.807, 2.05) is 0 Å². The number of nitrogens with zero attached hydrogens (tertiary/aromatic N) is 2. The van der Waals surface area contributed by atoms with Gasteiger partial charge >= 0.3 is 0 Å². The van der Waals surface area contributed by atoms with E-state index in [4.69, 9.17) is 4.99 Å². The van der Waals surface area contributed by atoms with Crippen molar-refractivity contribution in [1.29, 1.82) is 0 Å². The molecule has 0 unspecified atom stereocenters. The highest BCUT2D eigenvalue weighted by molar-refractivity contribution is 5.80. The molecule has 0 radical (unpaired) electrons. The normalized spacial score (nSPS) is 23.7. The topological polar surface area (TPSA) is 47.9 Å². The average Bonchev–Trinajstić information content (AvgIpc) is 3.18. The van der Waals surface area contributed by atoms with Crippen LogP contribution in [-0.4, -0.2) is 48.2 Å². The molecule has 1 saturated carbocycles. The lowest BCUT2D eigenvalue weighted by Crippen LogP contribution is -2.41. The standard InChI is InChI=1S/C18H27N3O/c1-3-19-17(21-11-8-15(22)12-21)20-13-18(9-10-18)16-7-5-4-6-14(16)2/h4-7,15,22H,3,8-13H2,1-2H3,(H,19,20)/t15-/m1/s1. The van der Waals surface area contributed by atoms with E-state index in [1.165, 1.54) is 24.0 Å². The number of aliphatic hydroxyl groups is 1. The molecule has 1 saturated heterocycles. The van der Waals surface area contributed by atoms with Gasteiger partial charge in [-0.2, -0.15) is 0 Å². The van der Waals surface area contributed by atoms with Gasteiger partial charge in [-0.05, 0) is 44.2 Å². The minimum absolute atomic E-state index is 0.213. The molecule has 120 valence electrons. The summed E-state index contributed by atoms with van der Waals surface area (Å²) in [6.45, 7) is 7.58. The molecule has 2 aliphatic rings. The lowest BCUT2D eigenvalue weighted by molar-refractivity contribution is 0.188. The van der Waals surface area contributed by atoms with Gasteiger partial charge in [-0.15, -0.1) is 0 Å². The molecule has 2 fully saturated rings. The van der Waals surface area contributed by atoms with Crippen LogP contribution in [0.5, 0.6) is 0 Å². The van der Waals surface area contributed by atoms with Gasteiger partial charge in [0.25, 0.3) is 0 Å². The van der Waals surface area contributed by atoms with Gasteiger partial charge in [0.05, 0.1) is 12.6 Å². The average molecular weight is 301 g/mol. The number of likely N-dealkylation sites (tertiary alicyclic amines) is 1. The summed E-state index contributed by atoms with van der Waals surface area (Å²) >= 11 is 0. The highest BCUT2D eigenvalue weighted by Gasteiger charge is 2.45. The Bertz CT molecular complexity index is 551. The summed E-state index contributed by atoms with van der Waals surface area (Å²) in [5.74, 6) is 0.957. The number of aliphatic hydroxyl groups excluding tert-OH is 1. The van der Waals surface area contributed by atoms with Crippen LogP contribution in [0.1, 0.15) is 37.3 Å². The summed E-state index contributed by atoms with van der Waals surface area (Å²) < 4.78 is 0. The summed E-state index contributed by atoms with van der Waals surface area (Å²) in [4.78, 5) is 7.08. The Labute approximate surface area is 133 Å². The molecule has 0 amide bonds. The predicted octanol–water partition coefficient (Wildman–Crippen LogP) is 2.06. The van der Waals surface area contributed by atoms with Crippen molar-refractivity contribution in [2.45, 2.75) is 44.6 Å². The number of hydrogen-bond acceptors (Lipinski definition) is 2. The van der Waals surface area contributed by atoms with E-state index in [-0.39, 0.29) is 11.5 Å². The summed E-state index contributed by atoms with van der Waals surface area (Å²) in [6.07, 6.45) is 3.08. The van der Waals surface area contributed by atoms with Crippen LogP contribution in [0.25, 0.3) is 0 Å². The second-order valence-electron chi connectivity index (χ2n) is 6.65. The molecule has 4 nitrogen and oxygen atoms in total. The van der Waals surface area contributed by atoms with Gasteiger partial charge in [0, 0.05) is 25.0 Å². The number of aryl methyl sites for hydroxylation is 1. The van der Waals surface area contributed by atoms with Crippen molar-refractivity contribution in [2.75, 3.05) is 26.2 Å². The maximum absolute atomic E-state index is 9.75. The SMILES string of the molecule is CCNC(=NCC1(c2ccccc2C)CC1)N1CC[C@@H](O)C1. The molecule has 1 heterocycles. The zero-order chi connectivity index (χ0) is 15.6. The smallest absolute Gasteiger partial charge is 0.194 e. The molecule has 4 heteroatoms. The Morgan fingerprint density at radius 2 is 2.18 bits per heavy atom. The third-order valence-corrected chi connectivity index (χ3v) is 4.90. The highest BCUT2D eigenvalue weighted by Crippen LogP contribution is 2.49. The second kappa shape index (κ2) is 6.29. The number of rotatable bonds is 4. The fourth-order valence-corrected chi connectivity index (χ4v) is 3.42. The predicted molar refractivity (Wildman–Crippen MR) is 90.3 cm³/mol. The molecule has 2 N–H and O–H groups in total. The summed E-state index contributed by atoms with van der Waals surface area (Å²) in [6, 6.07) is 8.69. The largest absolute Gasteiger partial charge is 0.391 e. The quantitative estimate of drug-likeness (QED) is 0.661. The van der Waals surface area contributed by atoms with Gasteiger partial charge in [0.1, 0.15) is 0 Å². The van der Waals surface area contributed by atoms with Crippen molar-refractivity contribution in [1.82, 2.24) is 10.2 Å². The van der Waals surface area contributed by atoms with Crippen molar-refractivity contribution in [3.8, 4) is 0 Å². The number of aliphatic imine (C=N–C) groups is 1. The van der Waals surface area contributed by atoms with Crippen LogP contribution in [0.3, 0.4) is 0 Å². The van der Waals surface area contributed by atoms with Gasteiger partial charge in [0.15, 0.2) is 5.96 Å². The van der Waals surface area contributed by atoms with E-state index < -0.39 is 0 Å². The lowest BCUT2D eigenvalue weighted by atomic mass is 9.92. The van der Waals surface area contributed by atoms with Crippen LogP contribution in [0.4, 0.5) is 0 Å². The first kappa shape index (κ1) is 15.3. The molecule has 0 bridgehead atoms. The van der Waals surface area contributed by atoms with E-state index in [9.17, 15) is 5.11 Å². The number of nitrogens with one attached hydrogen (secondary N) is 1. The molecular formula is C18H27N3O. The first-order chi connectivity index (χ1) is 10.6. The second-order valence-corrected chi connectivity index (χ2v) is 6.65. The Morgan fingerprint density at radius 1 is 1.41 bits per heavy atom. The van der Waals surface area contributed by atoms with Crippen LogP contribution < -0.4 is 5.32 Å². The van der Waals surface area contributed by atoms with E-state index in [2.05, 4.69) is 48.3 Å². The minimum atomic E-state index is -0.213. The van der Waals surface area contributed by atoms with Crippen molar-refractivity contribution in [3.63, 3.8) is 0 Å². The molecule has 1 aliphatic carbocycles. The van der Waals surface area contributed by atoms with Crippen LogP contribution in [0.15, 0.2) is 29.3 Å². The molecule has 3 rings (SSSR count). The van der Waals surface area contributed by atoms with Gasteiger partial charge in [-0.3, -0.25) is 4.99 Å². The van der Waals surface area contributed by atoms with Crippen molar-refractivity contribution in [3.05, 3.63) is 35.4 Å². The van der Waals surface area contributed by atoms with Crippen LogP contribution in [-0.2, 0) is 5.41 Å². The van der Waals surface area contributed by atoms with E-state index in [0.29, 0.717) is 6.54 Å². The Hall–Kier alpha value is -1.55. The fraction of sp³-hybridized carbons (Fsp3) is 0.611. The molecular weight excluding hydrogens is 274 g/mol. The Balaban J connectivity index is 1.74. The summed E-state index contributed by atoms with van der Waals surface area (Å²) in [5, 5.41) is 13.1. The molecule has 0 aromatic heterocycles. The lowest BCUT2D eigenvalue weighted by Gasteiger charge is -2.23. The Kier molecular flexibility index (Phi) is 4.39. The third kappa shape index (κ3) is 3.12. The molecule has 1 aliphatic heterocycles. The minimum Gasteiger partial charge on any atom is -0.391 e. The van der Waals surface area contributed by atoms with E-state index in [0.717, 1.165) is 32.0 Å². The molecule has 22 heavy (non-hydrogen) atoms. The van der Waals surface area contributed by atoms with Crippen molar-refractivity contribution in [2.24, 2.45) is 4.99 Å². The highest BCUT2D eigenvalue weighted by atomic mass is 16.3. The summed E-state index contributed by atoms with van der Waals surface area (Å²) in [5.41, 5.74) is 3.07. The zero-order valence-corrected chi connectivity index (χ0v) is 13.7. The number of hydrogen-bond donors (Lipinski definition) is 2. The van der Waals surface area contributed by atoms with E-state index in [1.54, 1.807) is 0 Å². The molecule has 0 spiro atoms. The van der Waals surface area contributed by atoms with Gasteiger partial charge in [0.2, 0.25) is 0 Å². The first-order valence-corrected chi connectivity index (χ1v) is 8.42. The third-order valence-electron chi connectivity index (χ3n) is 4.90. The van der Waals surface area contributed by atoms with Crippen molar-refractivity contribution >= 4 is 5.96 Å². The first-order valence-electron chi connectivity index (χ1n) is 8.42. The van der Waals surface area contributed by atoms with Gasteiger partial charge < -0.3 is 15.3 Å². The van der Waals surface area contributed by atoms with Gasteiger partial charge in [-0.25, -0.2) is 0 Å². The van der Waals surface area contributed by atoms with Crippen molar-refractivity contribution < 1.29 is 5.11 Å². The maximum atomic E-state index is 9.75.